The second kappa shape index (κ2) is 7.24. The normalized spacial score (nSPS) is 24.2. The smallest absolute Gasteiger partial charge is 0.138 e. The number of halogens is 1. The molecule has 6 heteroatoms. The predicted molar refractivity (Wildman–Crippen MR) is 76.5 cm³/mol. The van der Waals surface area contributed by atoms with Gasteiger partial charge >= 0.3 is 0 Å². The van der Waals surface area contributed by atoms with E-state index in [1.54, 1.807) is 7.11 Å². The van der Waals surface area contributed by atoms with E-state index in [-0.39, 0.29) is 12.4 Å². The number of nitrogens with zero attached hydrogens (tertiary/aromatic N) is 2. The van der Waals surface area contributed by atoms with Crippen LogP contribution < -0.4 is 5.73 Å². The number of piperidine rings is 1. The van der Waals surface area contributed by atoms with Gasteiger partial charge in [0.15, 0.2) is 0 Å². The average Bonchev–Trinajstić information content (AvgIpc) is 2.71. The summed E-state index contributed by atoms with van der Waals surface area (Å²) in [6.45, 7) is 6.52. The summed E-state index contributed by atoms with van der Waals surface area (Å²) >= 11 is 0. The molecule has 0 spiro atoms. The molecule has 0 amide bonds. The molecule has 0 aromatic carbocycles. The Bertz CT molecular complexity index is 378. The lowest BCUT2D eigenvalue weighted by Crippen LogP contribution is -2.48. The highest BCUT2D eigenvalue weighted by atomic mass is 35.5. The van der Waals surface area contributed by atoms with Crippen LogP contribution >= 0.6 is 12.4 Å². The first-order valence-electron chi connectivity index (χ1n) is 6.54. The molecule has 1 aromatic heterocycles. The van der Waals surface area contributed by atoms with Crippen LogP contribution in [-0.4, -0.2) is 42.4 Å². The van der Waals surface area contributed by atoms with Crippen molar-refractivity contribution < 1.29 is 9.26 Å². The van der Waals surface area contributed by atoms with E-state index in [2.05, 4.69) is 10.1 Å². The number of hydrogen-bond acceptors (Lipinski definition) is 5. The lowest BCUT2D eigenvalue weighted by molar-refractivity contribution is 0.0100. The van der Waals surface area contributed by atoms with Crippen LogP contribution in [0.5, 0.6) is 0 Å². The molecule has 0 radical (unpaired) electrons. The molecule has 2 atom stereocenters. The number of methoxy groups -OCH3 is 1. The van der Waals surface area contributed by atoms with E-state index in [4.69, 9.17) is 15.0 Å². The van der Waals surface area contributed by atoms with Crippen molar-refractivity contribution in [3.8, 4) is 0 Å². The first-order valence-corrected chi connectivity index (χ1v) is 6.54. The second-order valence-corrected chi connectivity index (χ2v) is 5.04. The number of ether oxygens (including phenoxy) is 1. The topological polar surface area (TPSA) is 64.5 Å². The summed E-state index contributed by atoms with van der Waals surface area (Å²) < 4.78 is 10.7. The van der Waals surface area contributed by atoms with Crippen molar-refractivity contribution in [1.29, 1.82) is 0 Å². The van der Waals surface area contributed by atoms with Crippen molar-refractivity contribution in [1.82, 2.24) is 10.1 Å². The predicted octanol–water partition coefficient (Wildman–Crippen LogP) is 1.65. The Hall–Kier alpha value is -0.620. The van der Waals surface area contributed by atoms with E-state index < -0.39 is 0 Å². The Morgan fingerprint density at radius 3 is 2.74 bits per heavy atom. The number of likely N-dealkylation sites (tertiary alicyclic amines) is 1. The summed E-state index contributed by atoms with van der Waals surface area (Å²) in [5, 5.41) is 4.01. The first kappa shape index (κ1) is 16.4. The molecule has 2 unspecified atom stereocenters. The van der Waals surface area contributed by atoms with Crippen LogP contribution in [0.1, 0.15) is 29.9 Å². The van der Waals surface area contributed by atoms with Crippen molar-refractivity contribution in [2.24, 2.45) is 5.73 Å². The van der Waals surface area contributed by atoms with E-state index in [0.29, 0.717) is 18.7 Å². The first-order chi connectivity index (χ1) is 8.65. The molecule has 1 aliphatic heterocycles. The largest absolute Gasteiger partial charge is 0.381 e. The van der Waals surface area contributed by atoms with Gasteiger partial charge in [-0.3, -0.25) is 4.90 Å². The van der Waals surface area contributed by atoms with E-state index in [1.165, 1.54) is 5.56 Å². The Morgan fingerprint density at radius 2 is 2.21 bits per heavy atom. The van der Waals surface area contributed by atoms with Crippen LogP contribution in [0.3, 0.4) is 0 Å². The zero-order valence-corrected chi connectivity index (χ0v) is 12.7. The van der Waals surface area contributed by atoms with E-state index in [0.717, 1.165) is 37.4 Å². The van der Waals surface area contributed by atoms with Crippen LogP contribution in [0.4, 0.5) is 0 Å². The minimum Gasteiger partial charge on any atom is -0.381 e. The Morgan fingerprint density at radius 1 is 1.47 bits per heavy atom. The summed E-state index contributed by atoms with van der Waals surface area (Å²) in [4.78, 5) is 2.42. The number of nitrogens with two attached hydrogens (primary N) is 1. The minimum absolute atomic E-state index is 0. The minimum atomic E-state index is 0. The standard InChI is InChI=1S/C13H23N3O2.ClH/c1-9-13(10(2)18-15-9)8-16-5-4-12(17-3)6-11(16)7-14;/h11-12H,4-8,14H2,1-3H3;1H. The molecule has 5 nitrogen and oxygen atoms in total. The molecular formula is C13H24ClN3O2. The monoisotopic (exact) mass is 289 g/mol. The second-order valence-electron chi connectivity index (χ2n) is 5.04. The third kappa shape index (κ3) is 3.69. The lowest BCUT2D eigenvalue weighted by atomic mass is 9.98. The van der Waals surface area contributed by atoms with Crippen LogP contribution in [0.25, 0.3) is 0 Å². The van der Waals surface area contributed by atoms with Crippen molar-refractivity contribution >= 4 is 12.4 Å². The number of aryl methyl sites for hydroxylation is 2. The van der Waals surface area contributed by atoms with Gasteiger partial charge in [-0.05, 0) is 26.7 Å². The Labute approximate surface area is 120 Å². The molecule has 0 saturated carbocycles. The number of aromatic nitrogens is 1. The van der Waals surface area contributed by atoms with Crippen LogP contribution in [0.2, 0.25) is 0 Å². The van der Waals surface area contributed by atoms with Crippen LogP contribution in [0, 0.1) is 13.8 Å². The third-order valence-corrected chi connectivity index (χ3v) is 3.94. The molecule has 1 fully saturated rings. The van der Waals surface area contributed by atoms with Crippen molar-refractivity contribution in [3.05, 3.63) is 17.0 Å². The number of rotatable bonds is 4. The van der Waals surface area contributed by atoms with Gasteiger partial charge in [0.05, 0.1) is 11.8 Å². The van der Waals surface area contributed by atoms with Crippen LogP contribution in [-0.2, 0) is 11.3 Å². The maximum Gasteiger partial charge on any atom is 0.138 e. The van der Waals surface area contributed by atoms with Gasteiger partial charge in [0, 0.05) is 38.3 Å². The fourth-order valence-electron chi connectivity index (χ4n) is 2.66. The zero-order chi connectivity index (χ0) is 13.1. The summed E-state index contributed by atoms with van der Waals surface area (Å²) in [5.74, 6) is 0.914. The SMILES string of the molecule is COC1CCN(Cc2c(C)noc2C)C(CN)C1.Cl. The van der Waals surface area contributed by atoms with Crippen molar-refractivity contribution in [2.75, 3.05) is 20.2 Å². The highest BCUT2D eigenvalue weighted by Crippen LogP contribution is 2.23. The van der Waals surface area contributed by atoms with Gasteiger partial charge in [-0.25, -0.2) is 0 Å². The molecule has 2 N–H and O–H groups in total. The Kier molecular flexibility index (Phi) is 6.26. The molecule has 2 rings (SSSR count). The average molecular weight is 290 g/mol. The molecule has 1 saturated heterocycles. The lowest BCUT2D eigenvalue weighted by Gasteiger charge is -2.38. The van der Waals surface area contributed by atoms with Gasteiger partial charge in [0.25, 0.3) is 0 Å². The van der Waals surface area contributed by atoms with E-state index in [9.17, 15) is 0 Å². The van der Waals surface area contributed by atoms with Gasteiger partial charge < -0.3 is 15.0 Å². The molecule has 0 bridgehead atoms. The quantitative estimate of drug-likeness (QED) is 0.913. The van der Waals surface area contributed by atoms with E-state index >= 15 is 0 Å². The van der Waals surface area contributed by atoms with Gasteiger partial charge in [0.2, 0.25) is 0 Å². The fourth-order valence-corrected chi connectivity index (χ4v) is 2.66. The van der Waals surface area contributed by atoms with Gasteiger partial charge in [0.1, 0.15) is 5.76 Å². The molecule has 2 heterocycles. The number of hydrogen-bond donors (Lipinski definition) is 1. The highest BCUT2D eigenvalue weighted by molar-refractivity contribution is 5.85. The molecule has 19 heavy (non-hydrogen) atoms. The molecule has 1 aliphatic rings. The Balaban J connectivity index is 0.00000180. The summed E-state index contributed by atoms with van der Waals surface area (Å²) in [7, 11) is 1.78. The maximum atomic E-state index is 5.88. The molecule has 110 valence electrons. The van der Waals surface area contributed by atoms with Crippen molar-refractivity contribution in [2.45, 2.75) is 45.4 Å². The van der Waals surface area contributed by atoms with Gasteiger partial charge in [-0.1, -0.05) is 5.16 Å². The maximum absolute atomic E-state index is 5.88. The van der Waals surface area contributed by atoms with Crippen LogP contribution in [0.15, 0.2) is 4.52 Å². The third-order valence-electron chi connectivity index (χ3n) is 3.94. The van der Waals surface area contributed by atoms with E-state index in [1.807, 2.05) is 13.8 Å². The summed E-state index contributed by atoms with van der Waals surface area (Å²) in [6, 6.07) is 0.386. The van der Waals surface area contributed by atoms with Gasteiger partial charge in [-0.2, -0.15) is 0 Å². The summed E-state index contributed by atoms with van der Waals surface area (Å²) in [5.41, 5.74) is 8.06. The highest BCUT2D eigenvalue weighted by Gasteiger charge is 2.28. The fraction of sp³-hybridized carbons (Fsp3) is 0.769. The zero-order valence-electron chi connectivity index (χ0n) is 11.9. The van der Waals surface area contributed by atoms with Gasteiger partial charge in [-0.15, -0.1) is 12.4 Å². The molecule has 1 aromatic rings. The van der Waals surface area contributed by atoms with Crippen molar-refractivity contribution in [3.63, 3.8) is 0 Å². The summed E-state index contributed by atoms with van der Waals surface area (Å²) in [6.07, 6.45) is 2.42. The molecular weight excluding hydrogens is 266 g/mol. The molecule has 0 aliphatic carbocycles.